The third-order valence-electron chi connectivity index (χ3n) is 2.39. The van der Waals surface area contributed by atoms with E-state index in [1.54, 1.807) is 11.0 Å². The Kier molecular flexibility index (Phi) is 3.66. The first-order valence-electron chi connectivity index (χ1n) is 4.72. The molecular weight excluding hydrogens is 178 g/mol. The van der Waals surface area contributed by atoms with Crippen LogP contribution in [0.3, 0.4) is 0 Å². The summed E-state index contributed by atoms with van der Waals surface area (Å²) in [6, 6.07) is 1.85. The summed E-state index contributed by atoms with van der Waals surface area (Å²) in [5.41, 5.74) is 0. The predicted molar refractivity (Wildman–Crippen MR) is 53.4 cm³/mol. The van der Waals surface area contributed by atoms with Crippen LogP contribution in [0.2, 0.25) is 0 Å². The molecule has 0 aliphatic carbocycles. The molecule has 2 atom stereocenters. The van der Waals surface area contributed by atoms with E-state index in [-0.39, 0.29) is 24.4 Å². The second-order valence-corrected chi connectivity index (χ2v) is 3.45. The van der Waals surface area contributed by atoms with E-state index >= 15 is 0 Å². The zero-order chi connectivity index (χ0) is 10.6. The number of carbonyl (C=O) groups is 1. The molecule has 14 heavy (non-hydrogen) atoms. The SMILES string of the molecule is C=CCN1C(=O)C(CC#N)NCC1C. The van der Waals surface area contributed by atoms with Crippen molar-refractivity contribution in [3.05, 3.63) is 12.7 Å². The maximum Gasteiger partial charge on any atom is 0.241 e. The van der Waals surface area contributed by atoms with Gasteiger partial charge in [-0.05, 0) is 6.92 Å². The van der Waals surface area contributed by atoms with E-state index in [0.717, 1.165) is 6.54 Å². The number of rotatable bonds is 3. The third kappa shape index (κ3) is 2.12. The van der Waals surface area contributed by atoms with Crippen LogP contribution >= 0.6 is 0 Å². The average Bonchev–Trinajstić information content (AvgIpc) is 2.17. The van der Waals surface area contributed by atoms with Crippen LogP contribution in [0.4, 0.5) is 0 Å². The first kappa shape index (κ1) is 10.7. The van der Waals surface area contributed by atoms with Gasteiger partial charge in [0.1, 0.15) is 6.04 Å². The van der Waals surface area contributed by atoms with Crippen molar-refractivity contribution in [2.45, 2.75) is 25.4 Å². The number of hydrogen-bond donors (Lipinski definition) is 1. The highest BCUT2D eigenvalue weighted by Gasteiger charge is 2.31. The molecule has 0 aromatic rings. The van der Waals surface area contributed by atoms with Gasteiger partial charge in [0.15, 0.2) is 0 Å². The summed E-state index contributed by atoms with van der Waals surface area (Å²) in [6.07, 6.45) is 1.95. The minimum absolute atomic E-state index is 0.00481. The van der Waals surface area contributed by atoms with Gasteiger partial charge in [-0.2, -0.15) is 5.26 Å². The third-order valence-corrected chi connectivity index (χ3v) is 2.39. The van der Waals surface area contributed by atoms with Crippen molar-refractivity contribution in [3.63, 3.8) is 0 Å². The lowest BCUT2D eigenvalue weighted by Gasteiger charge is -2.37. The van der Waals surface area contributed by atoms with Crippen molar-refractivity contribution >= 4 is 5.91 Å². The monoisotopic (exact) mass is 193 g/mol. The Balaban J connectivity index is 2.67. The van der Waals surface area contributed by atoms with Crippen LogP contribution in [0.5, 0.6) is 0 Å². The lowest BCUT2D eigenvalue weighted by molar-refractivity contribution is -0.137. The molecule has 0 saturated carbocycles. The molecule has 0 aromatic carbocycles. The molecule has 0 spiro atoms. The van der Waals surface area contributed by atoms with Gasteiger partial charge in [0.25, 0.3) is 0 Å². The minimum Gasteiger partial charge on any atom is -0.334 e. The standard InChI is InChI=1S/C10H15N3O/c1-3-6-13-8(2)7-12-9(4-5-11)10(13)14/h3,8-9,12H,1,4,6-7H2,2H3. The van der Waals surface area contributed by atoms with Crippen LogP contribution in [0.15, 0.2) is 12.7 Å². The van der Waals surface area contributed by atoms with Gasteiger partial charge >= 0.3 is 0 Å². The molecule has 1 N–H and O–H groups in total. The zero-order valence-corrected chi connectivity index (χ0v) is 8.36. The first-order valence-corrected chi connectivity index (χ1v) is 4.72. The number of nitriles is 1. The van der Waals surface area contributed by atoms with Crippen LogP contribution in [-0.4, -0.2) is 36.0 Å². The summed E-state index contributed by atoms with van der Waals surface area (Å²) in [7, 11) is 0. The maximum absolute atomic E-state index is 11.8. The van der Waals surface area contributed by atoms with Crippen LogP contribution < -0.4 is 5.32 Å². The Bertz CT molecular complexity index is 269. The van der Waals surface area contributed by atoms with Crippen molar-refractivity contribution in [2.24, 2.45) is 0 Å². The van der Waals surface area contributed by atoms with E-state index in [1.807, 2.05) is 13.0 Å². The molecule has 76 valence electrons. The summed E-state index contributed by atoms with van der Waals surface area (Å²) < 4.78 is 0. The van der Waals surface area contributed by atoms with Crippen LogP contribution in [-0.2, 0) is 4.79 Å². The molecule has 1 aliphatic rings. The van der Waals surface area contributed by atoms with Crippen LogP contribution in [0.1, 0.15) is 13.3 Å². The molecule has 4 heteroatoms. The molecule has 1 amide bonds. The molecule has 2 unspecified atom stereocenters. The summed E-state index contributed by atoms with van der Waals surface area (Å²) in [6.45, 7) is 6.90. The number of piperazine rings is 1. The molecule has 0 bridgehead atoms. The lowest BCUT2D eigenvalue weighted by Crippen LogP contribution is -2.59. The number of amides is 1. The van der Waals surface area contributed by atoms with Gasteiger partial charge in [0.2, 0.25) is 5.91 Å². The van der Waals surface area contributed by atoms with Crippen LogP contribution in [0.25, 0.3) is 0 Å². The summed E-state index contributed by atoms with van der Waals surface area (Å²) >= 11 is 0. The summed E-state index contributed by atoms with van der Waals surface area (Å²) in [4.78, 5) is 13.5. The first-order chi connectivity index (χ1) is 6.70. The number of hydrogen-bond acceptors (Lipinski definition) is 3. The summed E-state index contributed by atoms with van der Waals surface area (Å²) in [5.74, 6) is 0.00481. The quantitative estimate of drug-likeness (QED) is 0.655. The topological polar surface area (TPSA) is 56.1 Å². The Morgan fingerprint density at radius 1 is 1.86 bits per heavy atom. The number of carbonyl (C=O) groups excluding carboxylic acids is 1. The van der Waals surface area contributed by atoms with E-state index in [2.05, 4.69) is 11.9 Å². The predicted octanol–water partition coefficient (Wildman–Crippen LogP) is 0.275. The second kappa shape index (κ2) is 4.77. The van der Waals surface area contributed by atoms with E-state index in [0.29, 0.717) is 6.54 Å². The van der Waals surface area contributed by atoms with E-state index in [4.69, 9.17) is 5.26 Å². The highest BCUT2D eigenvalue weighted by molar-refractivity contribution is 5.83. The van der Waals surface area contributed by atoms with Crippen LogP contribution in [0, 0.1) is 11.3 Å². The summed E-state index contributed by atoms with van der Waals surface area (Å²) in [5, 5.41) is 11.6. The van der Waals surface area contributed by atoms with Crippen molar-refractivity contribution in [3.8, 4) is 6.07 Å². The fraction of sp³-hybridized carbons (Fsp3) is 0.600. The number of nitrogens with one attached hydrogen (secondary N) is 1. The molecule has 4 nitrogen and oxygen atoms in total. The average molecular weight is 193 g/mol. The van der Waals surface area contributed by atoms with Gasteiger partial charge in [-0.1, -0.05) is 6.08 Å². The van der Waals surface area contributed by atoms with Gasteiger partial charge in [-0.25, -0.2) is 0 Å². The fourth-order valence-corrected chi connectivity index (χ4v) is 1.59. The Morgan fingerprint density at radius 3 is 3.14 bits per heavy atom. The Hall–Kier alpha value is -1.34. The molecule has 1 fully saturated rings. The Morgan fingerprint density at radius 2 is 2.57 bits per heavy atom. The molecule has 1 heterocycles. The normalized spacial score (nSPS) is 27.1. The largest absolute Gasteiger partial charge is 0.334 e. The highest BCUT2D eigenvalue weighted by atomic mass is 16.2. The van der Waals surface area contributed by atoms with Gasteiger partial charge < -0.3 is 10.2 Å². The van der Waals surface area contributed by atoms with E-state index in [9.17, 15) is 4.79 Å². The lowest BCUT2D eigenvalue weighted by atomic mass is 10.1. The fourth-order valence-electron chi connectivity index (χ4n) is 1.59. The van der Waals surface area contributed by atoms with Gasteiger partial charge in [0, 0.05) is 19.1 Å². The van der Waals surface area contributed by atoms with Gasteiger partial charge in [-0.3, -0.25) is 4.79 Å². The van der Waals surface area contributed by atoms with Crippen molar-refractivity contribution in [1.29, 1.82) is 5.26 Å². The molecule has 1 saturated heterocycles. The van der Waals surface area contributed by atoms with Crippen molar-refractivity contribution in [1.82, 2.24) is 10.2 Å². The van der Waals surface area contributed by atoms with E-state index in [1.165, 1.54) is 0 Å². The minimum atomic E-state index is -0.337. The second-order valence-electron chi connectivity index (χ2n) is 3.45. The molecule has 1 aliphatic heterocycles. The van der Waals surface area contributed by atoms with E-state index < -0.39 is 0 Å². The van der Waals surface area contributed by atoms with Crippen molar-refractivity contribution in [2.75, 3.05) is 13.1 Å². The highest BCUT2D eigenvalue weighted by Crippen LogP contribution is 2.10. The van der Waals surface area contributed by atoms with Crippen molar-refractivity contribution < 1.29 is 4.79 Å². The maximum atomic E-state index is 11.8. The molecule has 0 radical (unpaired) electrons. The zero-order valence-electron chi connectivity index (χ0n) is 8.36. The number of nitrogens with zero attached hydrogens (tertiary/aromatic N) is 2. The molecule has 1 rings (SSSR count). The van der Waals surface area contributed by atoms with Gasteiger partial charge in [0.05, 0.1) is 12.5 Å². The molecule has 0 aromatic heterocycles. The molecular formula is C10H15N3O. The Labute approximate surface area is 84.2 Å². The van der Waals surface area contributed by atoms with Gasteiger partial charge in [-0.15, -0.1) is 6.58 Å². The smallest absolute Gasteiger partial charge is 0.241 e.